The maximum absolute atomic E-state index is 12.7. The highest BCUT2D eigenvalue weighted by Gasteiger charge is 2.19. The summed E-state index contributed by atoms with van der Waals surface area (Å²) in [5, 5.41) is 13.1. The van der Waals surface area contributed by atoms with E-state index in [0.29, 0.717) is 33.3 Å². The van der Waals surface area contributed by atoms with Gasteiger partial charge in [0.2, 0.25) is 0 Å². The van der Waals surface area contributed by atoms with E-state index in [-0.39, 0.29) is 28.3 Å². The van der Waals surface area contributed by atoms with Gasteiger partial charge in [0.15, 0.2) is 12.4 Å². The number of aryl methyl sites for hydroxylation is 1. The zero-order chi connectivity index (χ0) is 25.4. The van der Waals surface area contributed by atoms with Crippen molar-refractivity contribution >= 4 is 57.4 Å². The minimum absolute atomic E-state index is 0.237. The van der Waals surface area contributed by atoms with E-state index in [2.05, 4.69) is 41.5 Å². The zero-order valence-corrected chi connectivity index (χ0v) is 22.3. The van der Waals surface area contributed by atoms with Gasteiger partial charge in [0.05, 0.1) is 15.7 Å². The van der Waals surface area contributed by atoms with Crippen molar-refractivity contribution in [1.29, 1.82) is 0 Å². The summed E-state index contributed by atoms with van der Waals surface area (Å²) in [4.78, 5) is 14.3. The molecule has 6 nitrogen and oxygen atoms in total. The topological polar surface area (TPSA) is 69.0 Å². The molecule has 35 heavy (non-hydrogen) atoms. The first-order valence-electron chi connectivity index (χ1n) is 11.1. The average molecular weight is 532 g/mol. The third-order valence-corrected chi connectivity index (χ3v) is 7.33. The number of nitrogens with zero attached hydrogens (tertiary/aromatic N) is 3. The molecule has 0 saturated heterocycles. The molecule has 4 aromatic rings. The summed E-state index contributed by atoms with van der Waals surface area (Å²) in [6.45, 7) is 9.47. The molecule has 4 rings (SSSR count). The summed E-state index contributed by atoms with van der Waals surface area (Å²) < 4.78 is 5.67. The van der Waals surface area contributed by atoms with Gasteiger partial charge in [0, 0.05) is 10.7 Å². The zero-order valence-electron chi connectivity index (χ0n) is 20.0. The number of aromatic nitrogens is 3. The number of fused-ring (bicyclic) bond motifs is 1. The Morgan fingerprint density at radius 1 is 0.943 bits per heavy atom. The monoisotopic (exact) mass is 530 g/mol. The molecule has 1 N–H and O–H groups in total. The van der Waals surface area contributed by atoms with Crippen molar-refractivity contribution in [2.24, 2.45) is 0 Å². The Labute approximate surface area is 219 Å². The van der Waals surface area contributed by atoms with E-state index in [1.54, 1.807) is 24.7 Å². The number of halogens is 3. The van der Waals surface area contributed by atoms with Gasteiger partial charge in [-0.05, 0) is 73.2 Å². The van der Waals surface area contributed by atoms with Gasteiger partial charge < -0.3 is 10.1 Å². The van der Waals surface area contributed by atoms with Crippen LogP contribution in [0.25, 0.3) is 16.7 Å². The van der Waals surface area contributed by atoms with E-state index in [1.165, 1.54) is 5.56 Å². The summed E-state index contributed by atoms with van der Waals surface area (Å²) in [6.07, 6.45) is 0. The molecule has 0 unspecified atom stereocenters. The lowest BCUT2D eigenvalue weighted by Crippen LogP contribution is -2.21. The number of rotatable bonds is 6. The Bertz CT molecular complexity index is 1400. The minimum Gasteiger partial charge on any atom is -0.481 e. The number of anilines is 1. The molecule has 9 heteroatoms. The number of amides is 1. The van der Waals surface area contributed by atoms with E-state index >= 15 is 0 Å². The molecule has 1 aromatic heterocycles. The fraction of sp³-hybridized carbons (Fsp3) is 0.269. The molecule has 0 saturated carbocycles. The molecular formula is C26H25Cl3N4O2. The van der Waals surface area contributed by atoms with Crippen LogP contribution in [0.1, 0.15) is 42.0 Å². The van der Waals surface area contributed by atoms with Crippen LogP contribution >= 0.6 is 34.8 Å². The Balaban J connectivity index is 1.52. The predicted molar refractivity (Wildman–Crippen MR) is 143 cm³/mol. The van der Waals surface area contributed by atoms with Gasteiger partial charge in [0.25, 0.3) is 5.91 Å². The van der Waals surface area contributed by atoms with Gasteiger partial charge in [-0.2, -0.15) is 4.80 Å². The molecule has 0 aliphatic heterocycles. The lowest BCUT2D eigenvalue weighted by atomic mass is 10.0. The van der Waals surface area contributed by atoms with Crippen LogP contribution in [0.5, 0.6) is 5.75 Å². The largest absolute Gasteiger partial charge is 0.481 e. The number of benzene rings is 3. The number of nitrogens with one attached hydrogen (secondary N) is 1. The lowest BCUT2D eigenvalue weighted by Gasteiger charge is -2.15. The standard InChI is InChI=1S/C26H25Cl3N4O2/c1-13(2)17-6-8-18(9-7-17)33-31-20-10-14(3)19(11-21(20)32-33)30-22(34)12-35-26-24(28)15(4)23(27)16(5)25(26)29/h6-11,13H,12H2,1-5H3,(H,30,34). The average Bonchev–Trinajstić information content (AvgIpc) is 3.24. The summed E-state index contributed by atoms with van der Waals surface area (Å²) in [6, 6.07) is 11.8. The molecule has 0 aliphatic carbocycles. The number of hydrogen-bond acceptors (Lipinski definition) is 4. The first kappa shape index (κ1) is 25.3. The van der Waals surface area contributed by atoms with Gasteiger partial charge in [-0.1, -0.05) is 60.8 Å². The summed E-state index contributed by atoms with van der Waals surface area (Å²) in [5.74, 6) is 0.328. The first-order valence-corrected chi connectivity index (χ1v) is 12.2. The van der Waals surface area contributed by atoms with Crippen LogP contribution in [0.3, 0.4) is 0 Å². The second-order valence-corrected chi connectivity index (χ2v) is 9.88. The lowest BCUT2D eigenvalue weighted by molar-refractivity contribution is -0.118. The predicted octanol–water partition coefficient (Wildman–Crippen LogP) is 7.45. The third-order valence-electron chi connectivity index (χ3n) is 5.85. The van der Waals surface area contributed by atoms with Crippen LogP contribution in [0.4, 0.5) is 5.69 Å². The van der Waals surface area contributed by atoms with Crippen LogP contribution in [0.2, 0.25) is 15.1 Å². The number of hydrogen-bond donors (Lipinski definition) is 1. The normalized spacial score (nSPS) is 11.3. The van der Waals surface area contributed by atoms with Crippen LogP contribution in [-0.2, 0) is 4.79 Å². The SMILES string of the molecule is Cc1cc2nn(-c3ccc(C(C)C)cc3)nc2cc1NC(=O)COc1c(Cl)c(C)c(Cl)c(C)c1Cl. The molecule has 0 aliphatic rings. The summed E-state index contributed by atoms with van der Waals surface area (Å²) >= 11 is 18.9. The molecule has 182 valence electrons. The Morgan fingerprint density at radius 2 is 1.51 bits per heavy atom. The van der Waals surface area contributed by atoms with Gasteiger partial charge in [-0.3, -0.25) is 4.79 Å². The van der Waals surface area contributed by atoms with Crippen molar-refractivity contribution < 1.29 is 9.53 Å². The van der Waals surface area contributed by atoms with Crippen molar-refractivity contribution in [1.82, 2.24) is 15.0 Å². The molecule has 0 radical (unpaired) electrons. The highest BCUT2D eigenvalue weighted by atomic mass is 35.5. The minimum atomic E-state index is -0.360. The van der Waals surface area contributed by atoms with E-state index in [9.17, 15) is 4.79 Å². The molecule has 1 amide bonds. The second kappa shape index (κ2) is 10.1. The smallest absolute Gasteiger partial charge is 0.262 e. The molecule has 0 atom stereocenters. The van der Waals surface area contributed by atoms with Crippen LogP contribution < -0.4 is 10.1 Å². The Kier molecular flexibility index (Phi) is 7.27. The highest BCUT2D eigenvalue weighted by molar-refractivity contribution is 6.42. The highest BCUT2D eigenvalue weighted by Crippen LogP contribution is 2.42. The number of ether oxygens (including phenoxy) is 1. The van der Waals surface area contributed by atoms with Gasteiger partial charge in [-0.25, -0.2) is 0 Å². The Hall–Kier alpha value is -2.80. The van der Waals surface area contributed by atoms with Crippen molar-refractivity contribution in [3.63, 3.8) is 0 Å². The van der Waals surface area contributed by atoms with Gasteiger partial charge in [0.1, 0.15) is 11.0 Å². The Morgan fingerprint density at radius 3 is 2.09 bits per heavy atom. The van der Waals surface area contributed by atoms with Gasteiger partial charge in [-0.15, -0.1) is 10.2 Å². The van der Waals surface area contributed by atoms with Crippen molar-refractivity contribution in [3.05, 3.63) is 73.7 Å². The van der Waals surface area contributed by atoms with Gasteiger partial charge >= 0.3 is 0 Å². The van der Waals surface area contributed by atoms with E-state index in [0.717, 1.165) is 16.8 Å². The molecule has 0 fully saturated rings. The summed E-state index contributed by atoms with van der Waals surface area (Å²) in [5.41, 5.74) is 6.27. The molecule has 3 aromatic carbocycles. The van der Waals surface area contributed by atoms with E-state index in [1.807, 2.05) is 25.1 Å². The second-order valence-electron chi connectivity index (χ2n) is 8.75. The summed E-state index contributed by atoms with van der Waals surface area (Å²) in [7, 11) is 0. The maximum atomic E-state index is 12.7. The number of carbonyl (C=O) groups excluding carboxylic acids is 1. The van der Waals surface area contributed by atoms with E-state index < -0.39 is 0 Å². The first-order chi connectivity index (χ1) is 16.6. The maximum Gasteiger partial charge on any atom is 0.262 e. The van der Waals surface area contributed by atoms with Crippen molar-refractivity contribution in [3.8, 4) is 11.4 Å². The fourth-order valence-electron chi connectivity index (χ4n) is 3.67. The van der Waals surface area contributed by atoms with Crippen LogP contribution in [0, 0.1) is 20.8 Å². The number of carbonyl (C=O) groups is 1. The quantitative estimate of drug-likeness (QED) is 0.280. The molecule has 0 spiro atoms. The fourth-order valence-corrected chi connectivity index (χ4v) is 4.49. The molecule has 1 heterocycles. The van der Waals surface area contributed by atoms with E-state index in [4.69, 9.17) is 39.5 Å². The van der Waals surface area contributed by atoms with Crippen LogP contribution in [-0.4, -0.2) is 27.5 Å². The third kappa shape index (κ3) is 5.10. The van der Waals surface area contributed by atoms with Crippen LogP contribution in [0.15, 0.2) is 36.4 Å². The molecule has 0 bridgehead atoms. The molecular weight excluding hydrogens is 507 g/mol. The van der Waals surface area contributed by atoms with Crippen molar-refractivity contribution in [2.45, 2.75) is 40.5 Å². The van der Waals surface area contributed by atoms with Crippen molar-refractivity contribution in [2.75, 3.05) is 11.9 Å².